The summed E-state index contributed by atoms with van der Waals surface area (Å²) in [5.41, 5.74) is 0. The Balaban J connectivity index is 0. The van der Waals surface area contributed by atoms with Crippen LogP contribution in [-0.2, 0) is 19.1 Å². The molecule has 0 atom stereocenters. The van der Waals surface area contributed by atoms with Crippen LogP contribution in [0, 0.1) is 0 Å². The first-order valence-electron chi connectivity index (χ1n) is 9.44. The molecule has 236 valence electrons. The van der Waals surface area contributed by atoms with Crippen molar-refractivity contribution >= 4 is 11.9 Å². The summed E-state index contributed by atoms with van der Waals surface area (Å²) in [6.07, 6.45) is -18.8. The van der Waals surface area contributed by atoms with Crippen LogP contribution in [0.2, 0.25) is 0 Å². The van der Waals surface area contributed by atoms with Gasteiger partial charge in [0.1, 0.15) is 6.61 Å². The highest BCUT2D eigenvalue weighted by Gasteiger charge is 2.93. The number of ether oxygens (including phenoxy) is 2. The van der Waals surface area contributed by atoms with E-state index in [1.54, 1.807) is 0 Å². The summed E-state index contributed by atoms with van der Waals surface area (Å²) in [5, 5.41) is 8.10. The topological polar surface area (TPSA) is 72.8 Å². The molecular weight excluding hydrogens is 619 g/mol. The zero-order valence-electron chi connectivity index (χ0n) is 18.9. The number of hydrogen-bond acceptors (Lipinski definition) is 5. The molecule has 0 fully saturated rings. The smallest absolute Gasteiger partial charge is 0.460 e. The number of aliphatic hydroxyl groups excluding tert-OH is 1. The second-order valence-corrected chi connectivity index (χ2v) is 6.93. The van der Waals surface area contributed by atoms with E-state index < -0.39 is 78.7 Å². The SMILES string of the molecule is C=CC(=O)OC(F)(F)C(F)(F)C(F)(F)C(F)(F)C(F)(F)C(F)(F)C(F)(F)CCC(F)(F)F.C=CC(=O)OCCO. The molecule has 0 saturated carbocycles. The van der Waals surface area contributed by atoms with Gasteiger partial charge in [-0.15, -0.1) is 0 Å². The quantitative estimate of drug-likeness (QED) is 0.149. The van der Waals surface area contributed by atoms with E-state index in [4.69, 9.17) is 5.11 Å². The summed E-state index contributed by atoms with van der Waals surface area (Å²) < 4.78 is 228. The molecule has 0 spiro atoms. The third-order valence-corrected chi connectivity index (χ3v) is 4.02. The predicted molar refractivity (Wildman–Crippen MR) is 94.4 cm³/mol. The number of esters is 2. The van der Waals surface area contributed by atoms with Crippen molar-refractivity contribution in [3.63, 3.8) is 0 Å². The minimum Gasteiger partial charge on any atom is -0.460 e. The molecular formula is C18H15F17O5. The molecule has 0 amide bonds. The lowest BCUT2D eigenvalue weighted by Gasteiger charge is -2.42. The molecule has 40 heavy (non-hydrogen) atoms. The fourth-order valence-electron chi connectivity index (χ4n) is 1.90. The molecule has 0 aromatic heterocycles. The van der Waals surface area contributed by atoms with Gasteiger partial charge in [-0.1, -0.05) is 13.2 Å². The molecule has 22 heteroatoms. The molecule has 0 radical (unpaired) electrons. The van der Waals surface area contributed by atoms with E-state index in [0.29, 0.717) is 0 Å². The third-order valence-electron chi connectivity index (χ3n) is 4.02. The van der Waals surface area contributed by atoms with E-state index in [1.165, 1.54) is 0 Å². The third kappa shape index (κ3) is 8.12. The fourth-order valence-corrected chi connectivity index (χ4v) is 1.90. The maximum Gasteiger partial charge on any atom is 0.473 e. The molecule has 5 nitrogen and oxygen atoms in total. The summed E-state index contributed by atoms with van der Waals surface area (Å²) in [6, 6.07) is 0. The van der Waals surface area contributed by atoms with Crippen molar-refractivity contribution in [1.29, 1.82) is 0 Å². The zero-order chi connectivity index (χ0) is 32.8. The minimum atomic E-state index is -8.49. The van der Waals surface area contributed by atoms with E-state index in [1.807, 2.05) is 0 Å². The summed E-state index contributed by atoms with van der Waals surface area (Å²) in [5.74, 6) is -51.2. The number of hydrogen-bond donors (Lipinski definition) is 1. The molecule has 0 aromatic carbocycles. The first kappa shape index (κ1) is 39.3. The van der Waals surface area contributed by atoms with Gasteiger partial charge in [0.2, 0.25) is 0 Å². The van der Waals surface area contributed by atoms with Gasteiger partial charge < -0.3 is 14.6 Å². The Hall–Kier alpha value is -2.81. The van der Waals surface area contributed by atoms with Crippen LogP contribution in [0.5, 0.6) is 0 Å². The van der Waals surface area contributed by atoms with Crippen LogP contribution in [0.25, 0.3) is 0 Å². The highest BCUT2D eigenvalue weighted by atomic mass is 19.4. The van der Waals surface area contributed by atoms with E-state index in [2.05, 4.69) is 22.6 Å². The monoisotopic (exact) mass is 634 g/mol. The lowest BCUT2D eigenvalue weighted by atomic mass is 9.89. The van der Waals surface area contributed by atoms with Gasteiger partial charge in [-0.2, -0.15) is 74.6 Å². The first-order chi connectivity index (χ1) is 17.5. The number of halogens is 17. The lowest BCUT2D eigenvalue weighted by Crippen LogP contribution is -2.73. The maximum atomic E-state index is 13.4. The van der Waals surface area contributed by atoms with E-state index in [-0.39, 0.29) is 13.2 Å². The van der Waals surface area contributed by atoms with E-state index in [0.717, 1.165) is 6.08 Å². The van der Waals surface area contributed by atoms with Crippen molar-refractivity contribution in [1.82, 2.24) is 0 Å². The first-order valence-corrected chi connectivity index (χ1v) is 9.44. The van der Waals surface area contributed by atoms with E-state index >= 15 is 0 Å². The molecule has 0 saturated heterocycles. The maximum absolute atomic E-state index is 13.4. The standard InChI is InChI=1S/C13H7F17O2.C5H8O3/c1-2-5(31)32-13(29,30)12(27,28)11(25,26)10(23,24)9(21,22)8(19,20)6(14,15)3-4-7(16,17)18;1-2-5(7)8-4-3-6/h2H,1,3-4H2;2,6H,1,3-4H2. The predicted octanol–water partition coefficient (Wildman–Crippen LogP) is 6.17. The second-order valence-electron chi connectivity index (χ2n) is 6.93. The van der Waals surface area contributed by atoms with Gasteiger partial charge in [0, 0.05) is 25.0 Å². The molecule has 0 heterocycles. The summed E-state index contributed by atoms with van der Waals surface area (Å²) in [6.45, 7) is 5.36. The molecule has 0 aromatic rings. The molecule has 0 bridgehead atoms. The Kier molecular flexibility index (Phi) is 12.6. The molecule has 0 aliphatic heterocycles. The van der Waals surface area contributed by atoms with Crippen LogP contribution in [-0.4, -0.2) is 78.1 Å². The zero-order valence-corrected chi connectivity index (χ0v) is 18.9. The minimum absolute atomic E-state index is 0.0465. The summed E-state index contributed by atoms with van der Waals surface area (Å²) in [7, 11) is 0. The van der Waals surface area contributed by atoms with Crippen molar-refractivity contribution in [3.05, 3.63) is 25.3 Å². The van der Waals surface area contributed by atoms with Gasteiger partial charge in [0.05, 0.1) is 6.61 Å². The normalized spacial score (nSPS) is 14.1. The number of aliphatic hydroxyl groups is 1. The van der Waals surface area contributed by atoms with Crippen LogP contribution in [0.4, 0.5) is 74.6 Å². The van der Waals surface area contributed by atoms with Gasteiger partial charge in [0.15, 0.2) is 0 Å². The van der Waals surface area contributed by atoms with Crippen LogP contribution < -0.4 is 0 Å². The van der Waals surface area contributed by atoms with Crippen molar-refractivity contribution < 1.29 is 98.8 Å². The number of rotatable bonds is 13. The number of alkyl halides is 17. The van der Waals surface area contributed by atoms with Crippen molar-refractivity contribution in [2.45, 2.75) is 60.7 Å². The molecule has 0 aliphatic carbocycles. The van der Waals surface area contributed by atoms with Crippen molar-refractivity contribution in [2.24, 2.45) is 0 Å². The van der Waals surface area contributed by atoms with Gasteiger partial charge in [0.25, 0.3) is 0 Å². The second kappa shape index (κ2) is 12.8. The van der Waals surface area contributed by atoms with Crippen LogP contribution >= 0.6 is 0 Å². The van der Waals surface area contributed by atoms with Crippen molar-refractivity contribution in [3.8, 4) is 0 Å². The highest BCUT2D eigenvalue weighted by Crippen LogP contribution is 2.62. The molecule has 0 unspecified atom stereocenters. The Labute approximate surface area is 211 Å². The van der Waals surface area contributed by atoms with Crippen LogP contribution in [0.3, 0.4) is 0 Å². The molecule has 1 N–H and O–H groups in total. The van der Waals surface area contributed by atoms with Gasteiger partial charge in [-0.05, 0) is 0 Å². The van der Waals surface area contributed by atoms with Gasteiger partial charge in [-0.3, -0.25) is 0 Å². The van der Waals surface area contributed by atoms with Gasteiger partial charge >= 0.3 is 59.8 Å². The molecule has 0 aliphatic rings. The van der Waals surface area contributed by atoms with Crippen LogP contribution in [0.15, 0.2) is 25.3 Å². The molecule has 0 rings (SSSR count). The summed E-state index contributed by atoms with van der Waals surface area (Å²) in [4.78, 5) is 20.6. The largest absolute Gasteiger partial charge is 0.473 e. The van der Waals surface area contributed by atoms with E-state index in [9.17, 15) is 84.2 Å². The van der Waals surface area contributed by atoms with Gasteiger partial charge in [-0.25, -0.2) is 9.59 Å². The average Bonchev–Trinajstić information content (AvgIpc) is 2.80. The fraction of sp³-hybridized carbons (Fsp3) is 0.667. The Bertz CT molecular complexity index is 896. The summed E-state index contributed by atoms with van der Waals surface area (Å²) >= 11 is 0. The lowest BCUT2D eigenvalue weighted by molar-refractivity contribution is -0.461. The Morgan fingerprint density at radius 3 is 1.32 bits per heavy atom. The van der Waals surface area contributed by atoms with Crippen molar-refractivity contribution in [2.75, 3.05) is 13.2 Å². The Morgan fingerprint density at radius 1 is 0.600 bits per heavy atom. The number of carbonyl (C=O) groups excluding carboxylic acids is 2. The number of carbonyl (C=O) groups is 2. The highest BCUT2D eigenvalue weighted by molar-refractivity contribution is 5.81. The van der Waals surface area contributed by atoms with Crippen LogP contribution in [0.1, 0.15) is 12.8 Å². The average molecular weight is 634 g/mol. The Morgan fingerprint density at radius 2 is 0.975 bits per heavy atom.